The first-order valence-electron chi connectivity index (χ1n) is 5.84. The third kappa shape index (κ3) is 1.50. The fourth-order valence-electron chi connectivity index (χ4n) is 2.49. The lowest BCUT2D eigenvalue weighted by atomic mass is 10.1. The van der Waals surface area contributed by atoms with E-state index in [9.17, 15) is 0 Å². The number of imidazole rings is 1. The number of hydrogen-bond acceptors (Lipinski definition) is 3. The maximum Gasteiger partial charge on any atom is 0.161 e. The summed E-state index contributed by atoms with van der Waals surface area (Å²) in [5, 5.41) is 0. The van der Waals surface area contributed by atoms with Crippen molar-refractivity contribution < 1.29 is 0 Å². The smallest absolute Gasteiger partial charge is 0.161 e. The summed E-state index contributed by atoms with van der Waals surface area (Å²) >= 11 is 0. The van der Waals surface area contributed by atoms with E-state index >= 15 is 0 Å². The van der Waals surface area contributed by atoms with Crippen molar-refractivity contribution in [3.63, 3.8) is 0 Å². The average Bonchev–Trinajstić information content (AvgIpc) is 2.74. The summed E-state index contributed by atoms with van der Waals surface area (Å²) in [5.74, 6) is 0. The van der Waals surface area contributed by atoms with Crippen LogP contribution in [0.1, 0.15) is 25.4 Å². The third-order valence-corrected chi connectivity index (χ3v) is 3.38. The first-order chi connectivity index (χ1) is 7.86. The molecule has 4 nitrogen and oxygen atoms in total. The summed E-state index contributed by atoms with van der Waals surface area (Å²) in [7, 11) is 2.18. The van der Waals surface area contributed by atoms with Crippen LogP contribution in [0.3, 0.4) is 0 Å². The van der Waals surface area contributed by atoms with Crippen LogP contribution in [-0.4, -0.2) is 33.0 Å². The molecule has 1 unspecified atom stereocenters. The minimum atomic E-state index is 0.425. The van der Waals surface area contributed by atoms with E-state index in [1.165, 1.54) is 19.3 Å². The van der Waals surface area contributed by atoms with Gasteiger partial charge in [0, 0.05) is 6.20 Å². The Morgan fingerprint density at radius 2 is 2.25 bits per heavy atom. The largest absolute Gasteiger partial charge is 0.299 e. The number of likely N-dealkylation sites (tertiary alicyclic amines) is 1. The number of pyridine rings is 1. The Labute approximate surface area is 94.9 Å². The Balaban J connectivity index is 2.04. The fraction of sp³-hybridized carbons (Fsp3) is 0.500. The normalized spacial score (nSPS) is 22.7. The maximum atomic E-state index is 4.42. The van der Waals surface area contributed by atoms with Gasteiger partial charge in [-0.3, -0.25) is 9.47 Å². The van der Waals surface area contributed by atoms with Crippen LogP contribution in [0.25, 0.3) is 11.2 Å². The van der Waals surface area contributed by atoms with Gasteiger partial charge in [0.2, 0.25) is 0 Å². The van der Waals surface area contributed by atoms with Gasteiger partial charge < -0.3 is 0 Å². The van der Waals surface area contributed by atoms with Crippen molar-refractivity contribution in [1.29, 1.82) is 0 Å². The van der Waals surface area contributed by atoms with Crippen LogP contribution in [0.15, 0.2) is 24.7 Å². The lowest BCUT2D eigenvalue weighted by molar-refractivity contribution is 0.130. The average molecular weight is 216 g/mol. The van der Waals surface area contributed by atoms with Crippen LogP contribution in [0.2, 0.25) is 0 Å². The highest BCUT2D eigenvalue weighted by atomic mass is 15.3. The molecule has 1 atom stereocenters. The molecule has 16 heavy (non-hydrogen) atoms. The van der Waals surface area contributed by atoms with Gasteiger partial charge in [0.05, 0.1) is 12.5 Å². The summed E-state index contributed by atoms with van der Waals surface area (Å²) in [6.07, 6.45) is 7.97. The topological polar surface area (TPSA) is 34.0 Å². The number of piperidine rings is 1. The Morgan fingerprint density at radius 3 is 3.12 bits per heavy atom. The molecule has 0 amide bonds. The zero-order valence-corrected chi connectivity index (χ0v) is 9.50. The van der Waals surface area contributed by atoms with Crippen molar-refractivity contribution >= 4 is 11.2 Å². The molecule has 3 rings (SSSR count). The van der Waals surface area contributed by atoms with Crippen LogP contribution in [-0.2, 0) is 0 Å². The van der Waals surface area contributed by atoms with Gasteiger partial charge in [-0.15, -0.1) is 0 Å². The van der Waals surface area contributed by atoms with Crippen molar-refractivity contribution in [3.8, 4) is 0 Å². The lowest BCUT2D eigenvalue weighted by Gasteiger charge is -2.33. The Bertz CT molecular complexity index is 490. The predicted molar refractivity (Wildman–Crippen MR) is 63.0 cm³/mol. The van der Waals surface area contributed by atoms with Crippen molar-refractivity contribution in [3.05, 3.63) is 24.7 Å². The van der Waals surface area contributed by atoms with Crippen molar-refractivity contribution in [1.82, 2.24) is 19.4 Å². The van der Waals surface area contributed by atoms with E-state index in [0.29, 0.717) is 6.17 Å². The van der Waals surface area contributed by atoms with E-state index in [-0.39, 0.29) is 0 Å². The van der Waals surface area contributed by atoms with Crippen molar-refractivity contribution in [2.24, 2.45) is 0 Å². The minimum absolute atomic E-state index is 0.425. The third-order valence-electron chi connectivity index (χ3n) is 3.38. The Kier molecular flexibility index (Phi) is 2.36. The summed E-state index contributed by atoms with van der Waals surface area (Å²) in [6.45, 7) is 1.16. The number of fused-ring (bicyclic) bond motifs is 1. The summed E-state index contributed by atoms with van der Waals surface area (Å²) in [5.41, 5.74) is 1.99. The molecule has 1 fully saturated rings. The molecule has 0 aromatic carbocycles. The number of aromatic nitrogens is 3. The quantitative estimate of drug-likeness (QED) is 0.731. The Morgan fingerprint density at radius 1 is 1.31 bits per heavy atom. The van der Waals surface area contributed by atoms with E-state index in [2.05, 4.69) is 26.5 Å². The molecule has 0 radical (unpaired) electrons. The monoisotopic (exact) mass is 216 g/mol. The maximum absolute atomic E-state index is 4.42. The van der Waals surface area contributed by atoms with Gasteiger partial charge in [0.25, 0.3) is 0 Å². The molecule has 84 valence electrons. The second kappa shape index (κ2) is 3.87. The predicted octanol–water partition coefficient (Wildman–Crippen LogP) is 2.05. The standard InChI is InChI=1S/C12H16N4/c1-15-8-3-2-6-11(15)16-9-14-10-5-4-7-13-12(10)16/h4-5,7,9,11H,2-3,6,8H2,1H3. The van der Waals surface area contributed by atoms with Crippen LogP contribution >= 0.6 is 0 Å². The second-order valence-electron chi connectivity index (χ2n) is 4.45. The zero-order valence-electron chi connectivity index (χ0n) is 9.50. The molecular formula is C12H16N4. The van der Waals surface area contributed by atoms with E-state index in [1.54, 1.807) is 0 Å². The molecule has 4 heteroatoms. The highest BCUT2D eigenvalue weighted by molar-refractivity contribution is 5.70. The highest BCUT2D eigenvalue weighted by Crippen LogP contribution is 2.26. The van der Waals surface area contributed by atoms with E-state index in [0.717, 1.165) is 17.7 Å². The first kappa shape index (κ1) is 9.78. The van der Waals surface area contributed by atoms with Crippen LogP contribution in [0.5, 0.6) is 0 Å². The molecular weight excluding hydrogens is 200 g/mol. The van der Waals surface area contributed by atoms with Gasteiger partial charge in [-0.25, -0.2) is 9.97 Å². The van der Waals surface area contributed by atoms with Crippen LogP contribution in [0, 0.1) is 0 Å². The number of rotatable bonds is 1. The number of hydrogen-bond donors (Lipinski definition) is 0. The van der Waals surface area contributed by atoms with Gasteiger partial charge in [-0.05, 0) is 45.0 Å². The van der Waals surface area contributed by atoms with E-state index in [4.69, 9.17) is 0 Å². The molecule has 0 aliphatic carbocycles. The zero-order chi connectivity index (χ0) is 11.0. The van der Waals surface area contributed by atoms with Gasteiger partial charge in [0.15, 0.2) is 5.65 Å². The fourth-order valence-corrected chi connectivity index (χ4v) is 2.49. The van der Waals surface area contributed by atoms with Crippen LogP contribution < -0.4 is 0 Å². The van der Waals surface area contributed by atoms with Crippen molar-refractivity contribution in [2.45, 2.75) is 25.4 Å². The number of nitrogens with zero attached hydrogens (tertiary/aromatic N) is 4. The van der Waals surface area contributed by atoms with Crippen molar-refractivity contribution in [2.75, 3.05) is 13.6 Å². The molecule has 3 heterocycles. The SMILES string of the molecule is CN1CCCCC1n1cnc2cccnc21. The highest BCUT2D eigenvalue weighted by Gasteiger charge is 2.22. The first-order valence-corrected chi connectivity index (χ1v) is 5.84. The van der Waals surface area contributed by atoms with Gasteiger partial charge >= 0.3 is 0 Å². The summed E-state index contributed by atoms with van der Waals surface area (Å²) in [6, 6.07) is 3.95. The minimum Gasteiger partial charge on any atom is -0.299 e. The van der Waals surface area contributed by atoms with Crippen LogP contribution in [0.4, 0.5) is 0 Å². The van der Waals surface area contributed by atoms with E-state index < -0.39 is 0 Å². The molecule has 1 aliphatic heterocycles. The molecule has 1 saturated heterocycles. The van der Waals surface area contributed by atoms with Gasteiger partial charge in [0.1, 0.15) is 5.52 Å². The Hall–Kier alpha value is -1.42. The summed E-state index contributed by atoms with van der Waals surface area (Å²) < 4.78 is 2.20. The molecule has 0 N–H and O–H groups in total. The molecule has 0 saturated carbocycles. The molecule has 1 aliphatic rings. The summed E-state index contributed by atoms with van der Waals surface area (Å²) in [4.78, 5) is 11.2. The lowest BCUT2D eigenvalue weighted by Crippen LogP contribution is -2.33. The van der Waals surface area contributed by atoms with Gasteiger partial charge in [-0.1, -0.05) is 0 Å². The molecule has 2 aromatic rings. The second-order valence-corrected chi connectivity index (χ2v) is 4.45. The molecule has 0 bridgehead atoms. The molecule has 0 spiro atoms. The van der Waals surface area contributed by atoms with Gasteiger partial charge in [-0.2, -0.15) is 0 Å². The molecule has 2 aromatic heterocycles. The van der Waals surface area contributed by atoms with E-state index in [1.807, 2.05) is 24.7 Å².